The Kier molecular flexibility index (Phi) is 3.62. The van der Waals surface area contributed by atoms with E-state index in [0.29, 0.717) is 27.9 Å². The fourth-order valence-corrected chi connectivity index (χ4v) is 2.26. The van der Waals surface area contributed by atoms with Crippen molar-refractivity contribution in [3.63, 3.8) is 0 Å². The van der Waals surface area contributed by atoms with Gasteiger partial charge in [-0.3, -0.25) is 0 Å². The summed E-state index contributed by atoms with van der Waals surface area (Å²) < 4.78 is 5.22. The summed E-state index contributed by atoms with van der Waals surface area (Å²) in [5, 5.41) is 29.3. The van der Waals surface area contributed by atoms with Crippen molar-refractivity contribution in [3.05, 3.63) is 54.6 Å². The van der Waals surface area contributed by atoms with Crippen LogP contribution in [0.1, 0.15) is 0 Å². The summed E-state index contributed by atoms with van der Waals surface area (Å²) in [5.41, 5.74) is 1.05. The third kappa shape index (κ3) is 2.44. The van der Waals surface area contributed by atoms with E-state index in [0.717, 1.165) is 0 Å². The Morgan fingerprint density at radius 2 is 1.55 bits per heavy atom. The zero-order valence-electron chi connectivity index (χ0n) is 11.9. The lowest BCUT2D eigenvalue weighted by Gasteiger charge is -2.06. The van der Waals surface area contributed by atoms with Crippen molar-refractivity contribution in [3.8, 4) is 17.2 Å². The Balaban J connectivity index is 2.12. The van der Waals surface area contributed by atoms with Crippen LogP contribution in [-0.2, 0) is 0 Å². The van der Waals surface area contributed by atoms with Gasteiger partial charge in [0.1, 0.15) is 22.9 Å². The summed E-state index contributed by atoms with van der Waals surface area (Å²) in [5.74, 6) is 0.739. The Labute approximate surface area is 127 Å². The molecule has 0 aliphatic rings. The van der Waals surface area contributed by atoms with Crippen molar-refractivity contribution < 1.29 is 14.9 Å². The van der Waals surface area contributed by atoms with Gasteiger partial charge in [0.25, 0.3) is 0 Å². The van der Waals surface area contributed by atoms with E-state index in [1.807, 2.05) is 12.1 Å². The molecule has 0 amide bonds. The van der Waals surface area contributed by atoms with Gasteiger partial charge in [0.15, 0.2) is 0 Å². The zero-order chi connectivity index (χ0) is 15.5. The summed E-state index contributed by atoms with van der Waals surface area (Å²) in [6.07, 6.45) is 0. The van der Waals surface area contributed by atoms with Crippen LogP contribution in [-0.4, -0.2) is 17.3 Å². The van der Waals surface area contributed by atoms with Gasteiger partial charge in [-0.25, -0.2) is 0 Å². The number of azo groups is 1. The number of para-hydroxylation sites is 1. The Hall–Kier alpha value is -3.08. The van der Waals surface area contributed by atoms with E-state index in [-0.39, 0.29) is 11.5 Å². The van der Waals surface area contributed by atoms with Gasteiger partial charge >= 0.3 is 0 Å². The van der Waals surface area contributed by atoms with Gasteiger partial charge in [0.05, 0.1) is 18.2 Å². The quantitative estimate of drug-likeness (QED) is 0.689. The number of fused-ring (bicyclic) bond motifs is 1. The number of phenolic OH excluding ortho intramolecular Hbond substituents is 2. The van der Waals surface area contributed by atoms with Crippen LogP contribution in [0.25, 0.3) is 10.8 Å². The normalized spacial score (nSPS) is 11.1. The molecule has 0 atom stereocenters. The van der Waals surface area contributed by atoms with E-state index in [4.69, 9.17) is 4.74 Å². The molecule has 0 aromatic heterocycles. The van der Waals surface area contributed by atoms with Crippen molar-refractivity contribution in [2.75, 3.05) is 7.11 Å². The Bertz CT molecular complexity index is 860. The molecule has 0 unspecified atom stereocenters. The third-order valence-corrected chi connectivity index (χ3v) is 3.32. The number of nitrogens with zero attached hydrogens (tertiary/aromatic N) is 2. The molecule has 5 nitrogen and oxygen atoms in total. The highest BCUT2D eigenvalue weighted by Crippen LogP contribution is 2.39. The van der Waals surface area contributed by atoms with Gasteiger partial charge in [-0.05, 0) is 30.3 Å². The van der Waals surface area contributed by atoms with Gasteiger partial charge in [0.2, 0.25) is 0 Å². The van der Waals surface area contributed by atoms with Crippen LogP contribution in [0.4, 0.5) is 11.4 Å². The van der Waals surface area contributed by atoms with Crippen LogP contribution in [0.3, 0.4) is 0 Å². The van der Waals surface area contributed by atoms with E-state index in [1.54, 1.807) is 43.5 Å². The lowest BCUT2D eigenvalue weighted by molar-refractivity contribution is 0.416. The fraction of sp³-hybridized carbons (Fsp3) is 0.0588. The van der Waals surface area contributed by atoms with Crippen molar-refractivity contribution in [1.29, 1.82) is 0 Å². The average molecular weight is 294 g/mol. The molecule has 3 aromatic carbocycles. The number of aromatic hydroxyl groups is 2. The van der Waals surface area contributed by atoms with E-state index in [9.17, 15) is 10.2 Å². The minimum Gasteiger partial charge on any atom is -0.507 e. The second-order valence-electron chi connectivity index (χ2n) is 4.68. The minimum atomic E-state index is 0.0439. The van der Waals surface area contributed by atoms with Crippen LogP contribution in [0.15, 0.2) is 64.8 Å². The smallest absolute Gasteiger partial charge is 0.146 e. The van der Waals surface area contributed by atoms with Crippen molar-refractivity contribution >= 4 is 22.1 Å². The molecule has 5 heteroatoms. The molecule has 2 N–H and O–H groups in total. The SMILES string of the molecule is COc1ccccc1/N=N/c1ccc(O)c2cccc(O)c12. The summed E-state index contributed by atoms with van der Waals surface area (Å²) >= 11 is 0. The molecule has 22 heavy (non-hydrogen) atoms. The molecule has 0 fully saturated rings. The highest BCUT2D eigenvalue weighted by molar-refractivity contribution is 6.00. The maximum absolute atomic E-state index is 10.0. The summed E-state index contributed by atoms with van der Waals surface area (Å²) in [6, 6.07) is 15.3. The number of ether oxygens (including phenoxy) is 1. The number of phenols is 2. The van der Waals surface area contributed by atoms with Crippen LogP contribution >= 0.6 is 0 Å². The molecule has 0 radical (unpaired) electrons. The first-order valence-electron chi connectivity index (χ1n) is 6.69. The molecule has 3 rings (SSSR count). The molecule has 0 spiro atoms. The average Bonchev–Trinajstić information content (AvgIpc) is 2.55. The molecule has 110 valence electrons. The van der Waals surface area contributed by atoms with Gasteiger partial charge in [-0.1, -0.05) is 24.3 Å². The second kappa shape index (κ2) is 5.73. The lowest BCUT2D eigenvalue weighted by Crippen LogP contribution is -1.81. The van der Waals surface area contributed by atoms with Gasteiger partial charge in [-0.2, -0.15) is 0 Å². The number of rotatable bonds is 3. The van der Waals surface area contributed by atoms with Gasteiger partial charge in [0, 0.05) is 5.39 Å². The molecule has 0 heterocycles. The molecule has 0 aliphatic carbocycles. The van der Waals surface area contributed by atoms with E-state index in [1.165, 1.54) is 6.07 Å². The van der Waals surface area contributed by atoms with Crippen LogP contribution in [0, 0.1) is 0 Å². The molecule has 0 aliphatic heterocycles. The molecule has 0 bridgehead atoms. The molecular formula is C17H14N2O3. The van der Waals surface area contributed by atoms with Crippen LogP contribution in [0.2, 0.25) is 0 Å². The van der Waals surface area contributed by atoms with Crippen LogP contribution in [0.5, 0.6) is 17.2 Å². The number of hydrogen-bond acceptors (Lipinski definition) is 5. The molecular weight excluding hydrogens is 280 g/mol. The first-order valence-corrected chi connectivity index (χ1v) is 6.69. The zero-order valence-corrected chi connectivity index (χ0v) is 11.9. The van der Waals surface area contributed by atoms with E-state index in [2.05, 4.69) is 10.2 Å². The molecule has 0 saturated heterocycles. The number of benzene rings is 3. The summed E-state index contributed by atoms with van der Waals surface area (Å²) in [4.78, 5) is 0. The second-order valence-corrected chi connectivity index (χ2v) is 4.68. The van der Waals surface area contributed by atoms with Crippen LogP contribution < -0.4 is 4.74 Å². The predicted octanol–water partition coefficient (Wildman–Crippen LogP) is 4.68. The van der Waals surface area contributed by atoms with Crippen molar-refractivity contribution in [2.24, 2.45) is 10.2 Å². The third-order valence-electron chi connectivity index (χ3n) is 3.32. The fourth-order valence-electron chi connectivity index (χ4n) is 2.26. The summed E-state index contributed by atoms with van der Waals surface area (Å²) in [6.45, 7) is 0. The minimum absolute atomic E-state index is 0.0439. The molecule has 3 aromatic rings. The van der Waals surface area contributed by atoms with Crippen molar-refractivity contribution in [1.82, 2.24) is 0 Å². The monoisotopic (exact) mass is 294 g/mol. The highest BCUT2D eigenvalue weighted by atomic mass is 16.5. The first-order chi connectivity index (χ1) is 10.7. The first kappa shape index (κ1) is 13.9. The highest BCUT2D eigenvalue weighted by Gasteiger charge is 2.09. The number of hydrogen-bond donors (Lipinski definition) is 2. The topological polar surface area (TPSA) is 74.4 Å². The largest absolute Gasteiger partial charge is 0.507 e. The maximum Gasteiger partial charge on any atom is 0.146 e. The van der Waals surface area contributed by atoms with Crippen molar-refractivity contribution in [2.45, 2.75) is 0 Å². The van der Waals surface area contributed by atoms with E-state index >= 15 is 0 Å². The number of methoxy groups -OCH3 is 1. The molecule has 0 saturated carbocycles. The Morgan fingerprint density at radius 1 is 0.773 bits per heavy atom. The maximum atomic E-state index is 10.0. The standard InChI is InChI=1S/C17H14N2O3/c1-22-16-8-3-2-6-12(16)18-19-13-9-10-14(20)11-5-4-7-15(21)17(11)13/h2-10,20-21H,1H3/b19-18+. The van der Waals surface area contributed by atoms with Gasteiger partial charge < -0.3 is 14.9 Å². The Morgan fingerprint density at radius 3 is 2.36 bits per heavy atom. The predicted molar refractivity (Wildman–Crippen MR) is 84.4 cm³/mol. The lowest BCUT2D eigenvalue weighted by atomic mass is 10.1. The van der Waals surface area contributed by atoms with Gasteiger partial charge in [-0.15, -0.1) is 10.2 Å². The summed E-state index contributed by atoms with van der Waals surface area (Å²) in [7, 11) is 1.57. The van der Waals surface area contributed by atoms with E-state index < -0.39 is 0 Å².